The number of ether oxygens (including phenoxy) is 2. The molecular formula is C16H21NO5. The number of nitrogens with zero attached hydrogens (tertiary/aromatic N) is 1. The molecule has 1 N–H and O–H groups in total. The van der Waals surface area contributed by atoms with E-state index in [-0.39, 0.29) is 19.1 Å². The molecule has 0 saturated carbocycles. The number of carbonyl (C=O) groups excluding carboxylic acids is 2. The Morgan fingerprint density at radius 3 is 2.77 bits per heavy atom. The monoisotopic (exact) mass is 307 g/mol. The standard InChI is InChI=1S/C16H21NO5/c1-3-7-21-14-9-11(10-19)8-12-15(14)22-13(4-2)16(20)17(12)5-6-18/h8-10,13,18H,3-7H2,1-2H3. The number of anilines is 1. The molecule has 120 valence electrons. The summed E-state index contributed by atoms with van der Waals surface area (Å²) in [5.74, 6) is 0.697. The number of hydrogen-bond acceptors (Lipinski definition) is 5. The molecule has 0 radical (unpaired) electrons. The number of carbonyl (C=O) groups is 2. The van der Waals surface area contributed by atoms with Crippen LogP contribution in [0.2, 0.25) is 0 Å². The van der Waals surface area contributed by atoms with Crippen molar-refractivity contribution in [3.05, 3.63) is 17.7 Å². The molecule has 1 aliphatic heterocycles. The fourth-order valence-electron chi connectivity index (χ4n) is 2.39. The average Bonchev–Trinajstić information content (AvgIpc) is 2.54. The molecule has 1 aromatic carbocycles. The van der Waals surface area contributed by atoms with E-state index in [0.717, 1.165) is 6.42 Å². The predicted molar refractivity (Wildman–Crippen MR) is 81.8 cm³/mol. The van der Waals surface area contributed by atoms with Gasteiger partial charge in [-0.25, -0.2) is 0 Å². The first kappa shape index (κ1) is 16.3. The van der Waals surface area contributed by atoms with Gasteiger partial charge >= 0.3 is 0 Å². The first-order chi connectivity index (χ1) is 10.7. The quantitative estimate of drug-likeness (QED) is 0.777. The maximum absolute atomic E-state index is 12.4. The van der Waals surface area contributed by atoms with Gasteiger partial charge in [-0.05, 0) is 25.0 Å². The van der Waals surface area contributed by atoms with Crippen LogP contribution in [0.1, 0.15) is 37.0 Å². The highest BCUT2D eigenvalue weighted by Gasteiger charge is 2.35. The summed E-state index contributed by atoms with van der Waals surface area (Å²) in [6.07, 6.45) is 1.43. The van der Waals surface area contributed by atoms with Gasteiger partial charge in [0, 0.05) is 12.1 Å². The molecule has 1 aliphatic rings. The molecule has 0 fully saturated rings. The van der Waals surface area contributed by atoms with E-state index in [9.17, 15) is 14.7 Å². The second-order valence-electron chi connectivity index (χ2n) is 5.06. The summed E-state index contributed by atoms with van der Waals surface area (Å²) in [7, 11) is 0. The van der Waals surface area contributed by atoms with Gasteiger partial charge in [0.1, 0.15) is 6.29 Å². The van der Waals surface area contributed by atoms with Crippen molar-refractivity contribution in [3.63, 3.8) is 0 Å². The molecule has 1 unspecified atom stereocenters. The minimum atomic E-state index is -0.606. The third-order valence-corrected chi connectivity index (χ3v) is 3.44. The largest absolute Gasteiger partial charge is 0.490 e. The summed E-state index contributed by atoms with van der Waals surface area (Å²) in [5.41, 5.74) is 0.874. The number of fused-ring (bicyclic) bond motifs is 1. The van der Waals surface area contributed by atoms with E-state index in [4.69, 9.17) is 9.47 Å². The fourth-order valence-corrected chi connectivity index (χ4v) is 2.39. The minimum absolute atomic E-state index is 0.154. The van der Waals surface area contributed by atoms with Crippen molar-refractivity contribution in [2.75, 3.05) is 24.7 Å². The van der Waals surface area contributed by atoms with Crippen LogP contribution >= 0.6 is 0 Å². The molecule has 1 heterocycles. The zero-order chi connectivity index (χ0) is 16.1. The van der Waals surface area contributed by atoms with E-state index in [1.165, 1.54) is 4.90 Å². The van der Waals surface area contributed by atoms with Gasteiger partial charge in [0.25, 0.3) is 5.91 Å². The lowest BCUT2D eigenvalue weighted by molar-refractivity contribution is -0.126. The van der Waals surface area contributed by atoms with Crippen LogP contribution in [0, 0.1) is 0 Å². The lowest BCUT2D eigenvalue weighted by Gasteiger charge is -2.34. The Bertz CT molecular complexity index is 558. The number of rotatable bonds is 7. The molecule has 2 rings (SSSR count). The van der Waals surface area contributed by atoms with Crippen molar-refractivity contribution in [3.8, 4) is 11.5 Å². The third kappa shape index (κ3) is 3.06. The number of aldehydes is 1. The van der Waals surface area contributed by atoms with Crippen molar-refractivity contribution in [2.24, 2.45) is 0 Å². The zero-order valence-electron chi connectivity index (χ0n) is 12.9. The van der Waals surface area contributed by atoms with E-state index < -0.39 is 6.10 Å². The molecule has 22 heavy (non-hydrogen) atoms. The normalized spacial score (nSPS) is 17.0. The summed E-state index contributed by atoms with van der Waals surface area (Å²) >= 11 is 0. The maximum Gasteiger partial charge on any atom is 0.268 e. The van der Waals surface area contributed by atoms with Gasteiger partial charge in [-0.3, -0.25) is 9.59 Å². The number of benzene rings is 1. The highest BCUT2D eigenvalue weighted by molar-refractivity contribution is 6.01. The Morgan fingerprint density at radius 1 is 1.41 bits per heavy atom. The molecule has 0 spiro atoms. The molecule has 1 amide bonds. The van der Waals surface area contributed by atoms with Gasteiger partial charge in [0.15, 0.2) is 17.6 Å². The van der Waals surface area contributed by atoms with E-state index in [2.05, 4.69) is 0 Å². The smallest absolute Gasteiger partial charge is 0.268 e. The third-order valence-electron chi connectivity index (χ3n) is 3.44. The van der Waals surface area contributed by atoms with E-state index in [1.807, 2.05) is 13.8 Å². The summed E-state index contributed by atoms with van der Waals surface area (Å²) in [6, 6.07) is 3.20. The lowest BCUT2D eigenvalue weighted by Crippen LogP contribution is -2.47. The second kappa shape index (κ2) is 7.26. The zero-order valence-corrected chi connectivity index (χ0v) is 12.9. The first-order valence-electron chi connectivity index (χ1n) is 7.51. The maximum atomic E-state index is 12.4. The number of aliphatic hydroxyl groups excluding tert-OH is 1. The first-order valence-corrected chi connectivity index (χ1v) is 7.51. The van der Waals surface area contributed by atoms with Crippen LogP contribution in [0.15, 0.2) is 12.1 Å². The van der Waals surface area contributed by atoms with Crippen molar-refractivity contribution < 1.29 is 24.2 Å². The molecule has 6 nitrogen and oxygen atoms in total. The lowest BCUT2D eigenvalue weighted by atomic mass is 10.1. The van der Waals surface area contributed by atoms with Crippen LogP contribution in [-0.2, 0) is 4.79 Å². The van der Waals surface area contributed by atoms with Gasteiger partial charge in [0.2, 0.25) is 0 Å². The predicted octanol–water partition coefficient (Wildman–Crippen LogP) is 1.78. The summed E-state index contributed by atoms with van der Waals surface area (Å²) < 4.78 is 11.5. The van der Waals surface area contributed by atoms with E-state index in [0.29, 0.717) is 42.1 Å². The number of amides is 1. The molecular weight excluding hydrogens is 286 g/mol. The molecule has 0 bridgehead atoms. The summed E-state index contributed by atoms with van der Waals surface area (Å²) in [6.45, 7) is 4.31. The van der Waals surface area contributed by atoms with Gasteiger partial charge in [-0.2, -0.15) is 0 Å². The van der Waals surface area contributed by atoms with Crippen LogP contribution in [0.4, 0.5) is 5.69 Å². The Hall–Kier alpha value is -2.08. The molecule has 0 aliphatic carbocycles. The van der Waals surface area contributed by atoms with Crippen LogP contribution in [0.25, 0.3) is 0 Å². The van der Waals surface area contributed by atoms with Crippen LogP contribution in [-0.4, -0.2) is 43.2 Å². The SMILES string of the molecule is CCCOc1cc(C=O)cc2c1OC(CC)C(=O)N2CCO. The van der Waals surface area contributed by atoms with Crippen LogP contribution in [0.5, 0.6) is 11.5 Å². The summed E-state index contributed by atoms with van der Waals surface area (Å²) in [5, 5.41) is 9.22. The minimum Gasteiger partial charge on any atom is -0.490 e. The number of β-amino-alcohol motifs (C(OH)–C–C–N with tert-alkyl or cyclic N) is 1. The van der Waals surface area contributed by atoms with Gasteiger partial charge < -0.3 is 19.5 Å². The molecule has 1 aromatic rings. The van der Waals surface area contributed by atoms with Crippen LogP contribution < -0.4 is 14.4 Å². The number of aliphatic hydroxyl groups is 1. The molecule has 0 saturated heterocycles. The molecule has 0 aromatic heterocycles. The Morgan fingerprint density at radius 2 is 2.18 bits per heavy atom. The summed E-state index contributed by atoms with van der Waals surface area (Å²) in [4.78, 5) is 25.0. The van der Waals surface area contributed by atoms with Crippen molar-refractivity contribution in [2.45, 2.75) is 32.8 Å². The molecule has 1 atom stereocenters. The van der Waals surface area contributed by atoms with Crippen molar-refractivity contribution in [1.82, 2.24) is 0 Å². The van der Waals surface area contributed by atoms with Crippen molar-refractivity contribution >= 4 is 17.9 Å². The van der Waals surface area contributed by atoms with E-state index >= 15 is 0 Å². The highest BCUT2D eigenvalue weighted by atomic mass is 16.5. The Labute approximate surface area is 129 Å². The van der Waals surface area contributed by atoms with Gasteiger partial charge in [0.05, 0.1) is 18.9 Å². The van der Waals surface area contributed by atoms with Crippen LogP contribution in [0.3, 0.4) is 0 Å². The van der Waals surface area contributed by atoms with Gasteiger partial charge in [-0.1, -0.05) is 13.8 Å². The average molecular weight is 307 g/mol. The Balaban J connectivity index is 2.52. The highest BCUT2D eigenvalue weighted by Crippen LogP contribution is 2.43. The topological polar surface area (TPSA) is 76.1 Å². The van der Waals surface area contributed by atoms with Crippen molar-refractivity contribution in [1.29, 1.82) is 0 Å². The second-order valence-corrected chi connectivity index (χ2v) is 5.06. The van der Waals surface area contributed by atoms with Gasteiger partial charge in [-0.15, -0.1) is 0 Å². The Kier molecular flexibility index (Phi) is 5.38. The number of hydrogen-bond donors (Lipinski definition) is 1. The molecule has 6 heteroatoms. The van der Waals surface area contributed by atoms with E-state index in [1.54, 1.807) is 12.1 Å². The fraction of sp³-hybridized carbons (Fsp3) is 0.500.